The maximum absolute atomic E-state index is 13.6. The predicted octanol–water partition coefficient (Wildman–Crippen LogP) is 4.35. The maximum Gasteiger partial charge on any atom is 0.264 e. The summed E-state index contributed by atoms with van der Waals surface area (Å²) in [5, 5.41) is 3.06. The Morgan fingerprint density at radius 2 is 1.61 bits per heavy atom. The van der Waals surface area contributed by atoms with Crippen molar-refractivity contribution in [1.82, 2.24) is 5.32 Å². The lowest BCUT2D eigenvalue weighted by atomic mass is 10.1. The van der Waals surface area contributed by atoms with Gasteiger partial charge in [0.15, 0.2) is 0 Å². The minimum absolute atomic E-state index is 0.0957. The summed E-state index contributed by atoms with van der Waals surface area (Å²) < 4.78 is 33.8. The summed E-state index contributed by atoms with van der Waals surface area (Å²) in [4.78, 5) is 13.1. The summed E-state index contributed by atoms with van der Waals surface area (Å²) in [5.74, 6) is 0.106. The Bertz CT molecular complexity index is 995. The van der Waals surface area contributed by atoms with Gasteiger partial charge in [-0.05, 0) is 56.5 Å². The molecule has 7 heteroatoms. The molecule has 0 unspecified atom stereocenters. The Kier molecular flexibility index (Phi) is 7.59. The van der Waals surface area contributed by atoms with Crippen molar-refractivity contribution >= 4 is 21.6 Å². The first-order chi connectivity index (χ1) is 14.8. The lowest BCUT2D eigenvalue weighted by Gasteiger charge is -2.27. The van der Waals surface area contributed by atoms with Crippen molar-refractivity contribution < 1.29 is 17.9 Å². The number of benzene rings is 2. The smallest absolute Gasteiger partial charge is 0.264 e. The van der Waals surface area contributed by atoms with E-state index in [2.05, 4.69) is 5.32 Å². The Balaban J connectivity index is 1.95. The minimum atomic E-state index is -3.97. The third-order valence-corrected chi connectivity index (χ3v) is 7.49. The van der Waals surface area contributed by atoms with Crippen molar-refractivity contribution in [1.29, 1.82) is 0 Å². The normalized spacial score (nSPS) is 15.2. The van der Waals surface area contributed by atoms with Crippen molar-refractivity contribution in [3.05, 3.63) is 53.6 Å². The lowest BCUT2D eigenvalue weighted by molar-refractivity contribution is -0.120. The predicted molar refractivity (Wildman–Crippen MR) is 123 cm³/mol. The number of rotatable bonds is 7. The number of aryl methyl sites for hydroxylation is 2. The molecule has 1 aliphatic rings. The molecule has 0 radical (unpaired) electrons. The summed E-state index contributed by atoms with van der Waals surface area (Å²) >= 11 is 0. The van der Waals surface area contributed by atoms with Crippen LogP contribution in [0.2, 0.25) is 0 Å². The maximum atomic E-state index is 13.6. The van der Waals surface area contributed by atoms with Crippen LogP contribution < -0.4 is 14.4 Å². The molecular formula is C24H32N2O4S. The number of hydrogen-bond acceptors (Lipinski definition) is 4. The number of nitrogens with one attached hydrogen (secondary N) is 1. The van der Waals surface area contributed by atoms with Gasteiger partial charge in [-0.3, -0.25) is 9.10 Å². The Morgan fingerprint density at radius 3 is 2.23 bits per heavy atom. The van der Waals surface area contributed by atoms with Crippen LogP contribution in [0.1, 0.15) is 49.7 Å². The minimum Gasteiger partial charge on any atom is -0.495 e. The van der Waals surface area contributed by atoms with E-state index in [0.717, 1.165) is 41.1 Å². The van der Waals surface area contributed by atoms with Gasteiger partial charge in [0.05, 0.1) is 17.7 Å². The van der Waals surface area contributed by atoms with Crippen molar-refractivity contribution in [3.8, 4) is 5.75 Å². The first-order valence-electron chi connectivity index (χ1n) is 10.8. The van der Waals surface area contributed by atoms with Gasteiger partial charge < -0.3 is 10.1 Å². The molecule has 0 heterocycles. The highest BCUT2D eigenvalue weighted by Crippen LogP contribution is 2.33. The van der Waals surface area contributed by atoms with Gasteiger partial charge in [0.2, 0.25) is 5.91 Å². The quantitative estimate of drug-likeness (QED) is 0.645. The zero-order valence-corrected chi connectivity index (χ0v) is 19.4. The van der Waals surface area contributed by atoms with E-state index in [0.29, 0.717) is 11.4 Å². The topological polar surface area (TPSA) is 75.7 Å². The first-order valence-corrected chi connectivity index (χ1v) is 12.3. The highest BCUT2D eigenvalue weighted by atomic mass is 32.2. The largest absolute Gasteiger partial charge is 0.495 e. The fraction of sp³-hybridized carbons (Fsp3) is 0.458. The van der Waals surface area contributed by atoms with E-state index in [4.69, 9.17) is 4.74 Å². The van der Waals surface area contributed by atoms with Gasteiger partial charge in [-0.25, -0.2) is 8.42 Å². The van der Waals surface area contributed by atoms with Crippen molar-refractivity contribution in [2.75, 3.05) is 18.0 Å². The van der Waals surface area contributed by atoms with Crippen molar-refractivity contribution in [3.63, 3.8) is 0 Å². The van der Waals surface area contributed by atoms with E-state index in [9.17, 15) is 13.2 Å². The van der Waals surface area contributed by atoms with Gasteiger partial charge >= 0.3 is 0 Å². The van der Waals surface area contributed by atoms with Crippen LogP contribution in [0.3, 0.4) is 0 Å². The van der Waals surface area contributed by atoms with Crippen LogP contribution in [-0.4, -0.2) is 34.0 Å². The van der Waals surface area contributed by atoms with Crippen LogP contribution in [0.5, 0.6) is 5.75 Å². The number of nitrogens with zero attached hydrogens (tertiary/aromatic N) is 1. The molecule has 31 heavy (non-hydrogen) atoms. The third-order valence-electron chi connectivity index (χ3n) is 5.72. The molecule has 3 rings (SSSR count). The van der Waals surface area contributed by atoms with E-state index in [1.54, 1.807) is 36.4 Å². The molecule has 0 bridgehead atoms. The van der Waals surface area contributed by atoms with E-state index in [1.165, 1.54) is 20.0 Å². The Morgan fingerprint density at radius 1 is 1.00 bits per heavy atom. The van der Waals surface area contributed by atoms with Gasteiger partial charge in [0.1, 0.15) is 12.3 Å². The molecule has 0 aliphatic heterocycles. The first kappa shape index (κ1) is 23.1. The summed E-state index contributed by atoms with van der Waals surface area (Å²) in [6, 6.07) is 12.1. The molecule has 1 N–H and O–H groups in total. The summed E-state index contributed by atoms with van der Waals surface area (Å²) in [6.07, 6.45) is 6.40. The number of anilines is 1. The number of carbonyl (C=O) groups is 1. The van der Waals surface area contributed by atoms with Gasteiger partial charge in [0.25, 0.3) is 10.0 Å². The molecular weight excluding hydrogens is 412 g/mol. The van der Waals surface area contributed by atoms with Gasteiger partial charge in [-0.15, -0.1) is 0 Å². The molecule has 1 aliphatic carbocycles. The van der Waals surface area contributed by atoms with E-state index in [1.807, 2.05) is 19.9 Å². The fourth-order valence-corrected chi connectivity index (χ4v) is 5.38. The van der Waals surface area contributed by atoms with Crippen LogP contribution >= 0.6 is 0 Å². The van der Waals surface area contributed by atoms with E-state index in [-0.39, 0.29) is 23.4 Å². The highest BCUT2D eigenvalue weighted by Gasteiger charge is 2.30. The second-order valence-electron chi connectivity index (χ2n) is 8.26. The van der Waals surface area contributed by atoms with Crippen molar-refractivity contribution in [2.24, 2.45) is 0 Å². The van der Waals surface area contributed by atoms with Crippen molar-refractivity contribution in [2.45, 2.75) is 63.3 Å². The lowest BCUT2D eigenvalue weighted by Crippen LogP contribution is -2.44. The molecule has 6 nitrogen and oxygen atoms in total. The summed E-state index contributed by atoms with van der Waals surface area (Å²) in [5.41, 5.74) is 2.20. The highest BCUT2D eigenvalue weighted by molar-refractivity contribution is 7.92. The molecule has 0 spiro atoms. The third kappa shape index (κ3) is 5.79. The Hall–Kier alpha value is -2.54. The second kappa shape index (κ2) is 10.2. The SMILES string of the molecule is COc1ccc(C)cc1N(CC(=O)NC1CCCCCC1)S(=O)(=O)c1ccc(C)cc1. The number of amides is 1. The molecule has 1 amide bonds. The molecule has 168 valence electrons. The standard InChI is InChI=1S/C24H32N2O4S/c1-18-10-13-21(14-11-18)31(28,29)26(22-16-19(2)12-15-23(22)30-3)17-24(27)25-20-8-6-4-5-7-9-20/h10-16,20H,4-9,17H2,1-3H3,(H,25,27). The average molecular weight is 445 g/mol. The second-order valence-corrected chi connectivity index (χ2v) is 10.1. The number of sulfonamides is 1. The molecule has 2 aromatic rings. The zero-order valence-electron chi connectivity index (χ0n) is 18.6. The van der Waals surface area contributed by atoms with Crippen LogP contribution in [0, 0.1) is 13.8 Å². The zero-order chi connectivity index (χ0) is 22.4. The number of methoxy groups -OCH3 is 1. The molecule has 0 atom stereocenters. The van der Waals surface area contributed by atoms with Gasteiger partial charge in [-0.1, -0.05) is 49.4 Å². The molecule has 2 aromatic carbocycles. The van der Waals surface area contributed by atoms with E-state index >= 15 is 0 Å². The van der Waals surface area contributed by atoms with E-state index < -0.39 is 10.0 Å². The van der Waals surface area contributed by atoms with Crippen LogP contribution in [0.15, 0.2) is 47.4 Å². The van der Waals surface area contributed by atoms with Crippen LogP contribution in [-0.2, 0) is 14.8 Å². The molecule has 1 saturated carbocycles. The van der Waals surface area contributed by atoms with Gasteiger partial charge in [-0.2, -0.15) is 0 Å². The fourth-order valence-electron chi connectivity index (χ4n) is 3.96. The molecule has 0 aromatic heterocycles. The number of hydrogen-bond donors (Lipinski definition) is 1. The Labute approximate surface area is 185 Å². The number of carbonyl (C=O) groups excluding carboxylic acids is 1. The average Bonchev–Trinajstić information content (AvgIpc) is 3.01. The molecule has 0 saturated heterocycles. The summed E-state index contributed by atoms with van der Waals surface area (Å²) in [6.45, 7) is 3.48. The molecule has 1 fully saturated rings. The van der Waals surface area contributed by atoms with Crippen LogP contribution in [0.4, 0.5) is 5.69 Å². The summed E-state index contributed by atoms with van der Waals surface area (Å²) in [7, 11) is -2.47. The monoisotopic (exact) mass is 444 g/mol. The van der Waals surface area contributed by atoms with Gasteiger partial charge in [0, 0.05) is 6.04 Å². The van der Waals surface area contributed by atoms with Crippen LogP contribution in [0.25, 0.3) is 0 Å². The number of ether oxygens (including phenoxy) is 1.